The van der Waals surface area contributed by atoms with Crippen LogP contribution in [0.1, 0.15) is 33.1 Å². The summed E-state index contributed by atoms with van der Waals surface area (Å²) in [6, 6.07) is 0. The SMILES string of the molecule is CC(C)=CC[C]1C=CCC1. The van der Waals surface area contributed by atoms with Crippen LogP contribution >= 0.6 is 0 Å². The van der Waals surface area contributed by atoms with Gasteiger partial charge >= 0.3 is 0 Å². The molecule has 0 saturated heterocycles. The summed E-state index contributed by atoms with van der Waals surface area (Å²) in [4.78, 5) is 0. The molecule has 0 bridgehead atoms. The van der Waals surface area contributed by atoms with Gasteiger partial charge in [-0.2, -0.15) is 0 Å². The Labute approximate surface area is 63.6 Å². The average molecular weight is 135 g/mol. The van der Waals surface area contributed by atoms with E-state index in [2.05, 4.69) is 32.1 Å². The van der Waals surface area contributed by atoms with Crippen molar-refractivity contribution in [3.8, 4) is 0 Å². The zero-order valence-corrected chi connectivity index (χ0v) is 6.85. The van der Waals surface area contributed by atoms with Crippen LogP contribution in [-0.2, 0) is 0 Å². The quantitative estimate of drug-likeness (QED) is 0.510. The van der Waals surface area contributed by atoms with Crippen molar-refractivity contribution >= 4 is 0 Å². The smallest absolute Gasteiger partial charge is 0.00132 e. The van der Waals surface area contributed by atoms with Crippen molar-refractivity contribution < 1.29 is 0 Å². The van der Waals surface area contributed by atoms with Gasteiger partial charge in [-0.05, 0) is 33.1 Å². The second-order valence-corrected chi connectivity index (χ2v) is 3.08. The molecule has 1 radical (unpaired) electrons. The molecule has 0 aromatic heterocycles. The topological polar surface area (TPSA) is 0 Å². The summed E-state index contributed by atoms with van der Waals surface area (Å²) < 4.78 is 0. The zero-order valence-electron chi connectivity index (χ0n) is 6.85. The summed E-state index contributed by atoms with van der Waals surface area (Å²) in [7, 11) is 0. The Kier molecular flexibility index (Phi) is 2.73. The van der Waals surface area contributed by atoms with Crippen molar-refractivity contribution in [2.45, 2.75) is 33.1 Å². The van der Waals surface area contributed by atoms with Gasteiger partial charge in [0.25, 0.3) is 0 Å². The van der Waals surface area contributed by atoms with E-state index in [-0.39, 0.29) is 0 Å². The minimum absolute atomic E-state index is 1.17. The van der Waals surface area contributed by atoms with Crippen LogP contribution in [0.3, 0.4) is 0 Å². The maximum Gasteiger partial charge on any atom is 0.00132 e. The number of allylic oxidation sites excluding steroid dienone is 4. The standard InChI is InChI=1S/C10H15/c1-9(2)7-8-10-5-3-4-6-10/h3,5,7H,4,6,8H2,1-2H3. The Morgan fingerprint density at radius 2 is 2.40 bits per heavy atom. The Hall–Kier alpha value is -0.520. The molecule has 0 atom stereocenters. The minimum atomic E-state index is 1.17. The van der Waals surface area contributed by atoms with Crippen LogP contribution in [0.25, 0.3) is 0 Å². The van der Waals surface area contributed by atoms with Crippen molar-refractivity contribution in [2.24, 2.45) is 0 Å². The lowest BCUT2D eigenvalue weighted by molar-refractivity contribution is 0.896. The number of hydrogen-bond acceptors (Lipinski definition) is 0. The Morgan fingerprint density at radius 3 is 2.90 bits per heavy atom. The molecule has 55 valence electrons. The predicted molar refractivity (Wildman–Crippen MR) is 45.7 cm³/mol. The van der Waals surface area contributed by atoms with Crippen LogP contribution in [0.4, 0.5) is 0 Å². The molecule has 1 aliphatic rings. The van der Waals surface area contributed by atoms with E-state index < -0.39 is 0 Å². The Morgan fingerprint density at radius 1 is 1.60 bits per heavy atom. The van der Waals surface area contributed by atoms with E-state index in [0.29, 0.717) is 0 Å². The number of rotatable bonds is 2. The van der Waals surface area contributed by atoms with Crippen LogP contribution in [-0.4, -0.2) is 0 Å². The van der Waals surface area contributed by atoms with Crippen LogP contribution in [0.2, 0.25) is 0 Å². The van der Waals surface area contributed by atoms with Crippen LogP contribution in [0, 0.1) is 5.92 Å². The van der Waals surface area contributed by atoms with E-state index in [1.54, 1.807) is 5.92 Å². The van der Waals surface area contributed by atoms with Crippen molar-refractivity contribution in [3.05, 3.63) is 29.7 Å². The molecule has 0 aliphatic heterocycles. The first kappa shape index (κ1) is 7.59. The monoisotopic (exact) mass is 135 g/mol. The van der Waals surface area contributed by atoms with E-state index in [4.69, 9.17) is 0 Å². The minimum Gasteiger partial charge on any atom is -0.0879 e. The first-order valence-electron chi connectivity index (χ1n) is 3.93. The molecule has 0 aromatic carbocycles. The molecule has 0 nitrogen and oxygen atoms in total. The molecular formula is C10H15. The van der Waals surface area contributed by atoms with Gasteiger partial charge in [-0.15, -0.1) is 0 Å². The third-order valence-electron chi connectivity index (χ3n) is 1.76. The molecule has 0 heteroatoms. The van der Waals surface area contributed by atoms with Crippen molar-refractivity contribution in [1.82, 2.24) is 0 Å². The lowest BCUT2D eigenvalue weighted by Gasteiger charge is -2.00. The van der Waals surface area contributed by atoms with E-state index in [0.717, 1.165) is 0 Å². The van der Waals surface area contributed by atoms with E-state index in [9.17, 15) is 0 Å². The lowest BCUT2D eigenvalue weighted by Crippen LogP contribution is -1.85. The highest BCUT2D eigenvalue weighted by Crippen LogP contribution is 2.23. The molecule has 0 heterocycles. The Balaban J connectivity index is 2.26. The fourth-order valence-corrected chi connectivity index (χ4v) is 1.11. The summed E-state index contributed by atoms with van der Waals surface area (Å²) >= 11 is 0. The van der Waals surface area contributed by atoms with Crippen LogP contribution < -0.4 is 0 Å². The summed E-state index contributed by atoms with van der Waals surface area (Å²) in [5.74, 6) is 1.58. The molecule has 1 rings (SSSR count). The van der Waals surface area contributed by atoms with Gasteiger partial charge in [-0.25, -0.2) is 0 Å². The molecule has 0 fully saturated rings. The third-order valence-corrected chi connectivity index (χ3v) is 1.76. The summed E-state index contributed by atoms with van der Waals surface area (Å²) in [6.07, 6.45) is 10.5. The maximum absolute atomic E-state index is 2.30. The highest BCUT2D eigenvalue weighted by Gasteiger charge is 2.06. The molecule has 0 spiro atoms. The largest absolute Gasteiger partial charge is 0.0879 e. The highest BCUT2D eigenvalue weighted by atomic mass is 14.1. The summed E-state index contributed by atoms with van der Waals surface area (Å²) in [5, 5.41) is 0. The molecule has 0 amide bonds. The fourth-order valence-electron chi connectivity index (χ4n) is 1.11. The molecule has 1 aliphatic carbocycles. The first-order valence-corrected chi connectivity index (χ1v) is 3.93. The van der Waals surface area contributed by atoms with Crippen molar-refractivity contribution in [2.75, 3.05) is 0 Å². The third kappa shape index (κ3) is 2.38. The van der Waals surface area contributed by atoms with Gasteiger partial charge in [-0.3, -0.25) is 0 Å². The van der Waals surface area contributed by atoms with Gasteiger partial charge in [0, 0.05) is 5.92 Å². The van der Waals surface area contributed by atoms with Crippen LogP contribution in [0.15, 0.2) is 23.8 Å². The van der Waals surface area contributed by atoms with Crippen molar-refractivity contribution in [3.63, 3.8) is 0 Å². The fraction of sp³-hybridized carbons (Fsp3) is 0.500. The average Bonchev–Trinajstić information content (AvgIpc) is 2.34. The van der Waals surface area contributed by atoms with E-state index in [1.165, 1.54) is 24.8 Å². The maximum atomic E-state index is 2.30. The van der Waals surface area contributed by atoms with Gasteiger partial charge < -0.3 is 0 Å². The molecule has 0 aromatic rings. The summed E-state index contributed by atoms with van der Waals surface area (Å²) in [6.45, 7) is 4.30. The first-order chi connectivity index (χ1) is 4.79. The summed E-state index contributed by atoms with van der Waals surface area (Å²) in [5.41, 5.74) is 1.42. The molecule has 10 heavy (non-hydrogen) atoms. The zero-order chi connectivity index (χ0) is 7.40. The Bertz CT molecular complexity index is 147. The molecular weight excluding hydrogens is 120 g/mol. The van der Waals surface area contributed by atoms with Gasteiger partial charge in [0.05, 0.1) is 0 Å². The van der Waals surface area contributed by atoms with Gasteiger partial charge in [0.15, 0.2) is 0 Å². The van der Waals surface area contributed by atoms with Crippen molar-refractivity contribution in [1.29, 1.82) is 0 Å². The molecule has 0 saturated carbocycles. The van der Waals surface area contributed by atoms with Crippen LogP contribution in [0.5, 0.6) is 0 Å². The molecule has 0 unspecified atom stereocenters. The second-order valence-electron chi connectivity index (χ2n) is 3.08. The molecule has 0 N–H and O–H groups in total. The van der Waals surface area contributed by atoms with Gasteiger partial charge in [0.1, 0.15) is 0 Å². The van der Waals surface area contributed by atoms with E-state index >= 15 is 0 Å². The lowest BCUT2D eigenvalue weighted by atomic mass is 10.0. The van der Waals surface area contributed by atoms with E-state index in [1.807, 2.05) is 0 Å². The number of hydrogen-bond donors (Lipinski definition) is 0. The predicted octanol–water partition coefficient (Wildman–Crippen LogP) is 3.27. The normalized spacial score (nSPS) is 17.8. The van der Waals surface area contributed by atoms with Gasteiger partial charge in [0.2, 0.25) is 0 Å². The second kappa shape index (κ2) is 3.60. The highest BCUT2D eigenvalue weighted by molar-refractivity contribution is 5.19. The van der Waals surface area contributed by atoms with Gasteiger partial charge in [-0.1, -0.05) is 23.8 Å².